The molecule has 1 aliphatic carbocycles. The third-order valence-electron chi connectivity index (χ3n) is 3.29. The lowest BCUT2D eigenvalue weighted by Gasteiger charge is -2.26. The molecule has 0 atom stereocenters. The fourth-order valence-corrected chi connectivity index (χ4v) is 1.99. The average Bonchev–Trinajstić information content (AvgIpc) is 3.04. The normalized spacial score (nSPS) is 15.7. The highest BCUT2D eigenvalue weighted by Crippen LogP contribution is 2.39. The van der Waals surface area contributed by atoms with Crippen LogP contribution in [-0.2, 0) is 0 Å². The number of halogens is 1. The molecule has 3 N–H and O–H groups in total. The maximum Gasteiger partial charge on any atom is 0.253 e. The average molecular weight is 236 g/mol. The van der Waals surface area contributed by atoms with Gasteiger partial charge in [-0.25, -0.2) is 4.39 Å². The smallest absolute Gasteiger partial charge is 0.253 e. The predicted molar refractivity (Wildman–Crippen MR) is 65.1 cm³/mol. The Kier molecular flexibility index (Phi) is 2.81. The Balaban J connectivity index is 2.16. The van der Waals surface area contributed by atoms with E-state index in [1.807, 2.05) is 13.8 Å². The number of carbonyl (C=O) groups is 1. The minimum absolute atomic E-state index is 0.207. The van der Waals surface area contributed by atoms with Gasteiger partial charge in [0.2, 0.25) is 0 Å². The van der Waals surface area contributed by atoms with Crippen LogP contribution in [0, 0.1) is 11.7 Å². The maximum atomic E-state index is 13.1. The van der Waals surface area contributed by atoms with Crippen LogP contribution < -0.4 is 11.1 Å². The fourth-order valence-electron chi connectivity index (χ4n) is 1.99. The number of benzene rings is 1. The zero-order valence-corrected chi connectivity index (χ0v) is 10.1. The molecule has 1 amide bonds. The van der Waals surface area contributed by atoms with Gasteiger partial charge in [-0.05, 0) is 50.8 Å². The van der Waals surface area contributed by atoms with Gasteiger partial charge >= 0.3 is 0 Å². The Morgan fingerprint density at radius 3 is 2.71 bits per heavy atom. The van der Waals surface area contributed by atoms with Gasteiger partial charge in [0.05, 0.1) is 5.56 Å². The van der Waals surface area contributed by atoms with Crippen LogP contribution >= 0.6 is 0 Å². The molecule has 17 heavy (non-hydrogen) atoms. The quantitative estimate of drug-likeness (QED) is 0.791. The highest BCUT2D eigenvalue weighted by atomic mass is 19.1. The van der Waals surface area contributed by atoms with Crippen LogP contribution in [0.3, 0.4) is 0 Å². The Morgan fingerprint density at radius 1 is 1.47 bits per heavy atom. The number of rotatable bonds is 3. The van der Waals surface area contributed by atoms with Gasteiger partial charge in [-0.2, -0.15) is 0 Å². The first-order valence-corrected chi connectivity index (χ1v) is 5.77. The summed E-state index contributed by atoms with van der Waals surface area (Å²) in [6.45, 7) is 3.97. The Hall–Kier alpha value is -1.58. The van der Waals surface area contributed by atoms with Gasteiger partial charge < -0.3 is 11.1 Å². The summed E-state index contributed by atoms with van der Waals surface area (Å²) in [4.78, 5) is 12.0. The molecule has 0 aliphatic heterocycles. The van der Waals surface area contributed by atoms with Crippen molar-refractivity contribution in [2.45, 2.75) is 32.2 Å². The van der Waals surface area contributed by atoms with E-state index < -0.39 is 5.82 Å². The number of hydrogen-bond donors (Lipinski definition) is 2. The molecule has 1 aromatic rings. The molecule has 4 heteroatoms. The van der Waals surface area contributed by atoms with E-state index in [9.17, 15) is 9.18 Å². The second-order valence-corrected chi connectivity index (χ2v) is 5.18. The molecule has 92 valence electrons. The van der Waals surface area contributed by atoms with E-state index >= 15 is 0 Å². The Bertz CT molecular complexity index is 453. The Morgan fingerprint density at radius 2 is 2.12 bits per heavy atom. The summed E-state index contributed by atoms with van der Waals surface area (Å²) in [5.74, 6) is -0.242. The highest BCUT2D eigenvalue weighted by Gasteiger charge is 2.39. The van der Waals surface area contributed by atoms with Gasteiger partial charge in [0, 0.05) is 11.2 Å². The molecule has 1 aromatic carbocycles. The first kappa shape index (κ1) is 11.9. The topological polar surface area (TPSA) is 55.1 Å². The largest absolute Gasteiger partial charge is 0.398 e. The van der Waals surface area contributed by atoms with Crippen molar-refractivity contribution in [3.05, 3.63) is 29.6 Å². The summed E-state index contributed by atoms with van der Waals surface area (Å²) in [7, 11) is 0. The fraction of sp³-hybridized carbons (Fsp3) is 0.462. The molecule has 0 radical (unpaired) electrons. The van der Waals surface area contributed by atoms with E-state index in [0.717, 1.165) is 12.8 Å². The minimum atomic E-state index is -0.450. The highest BCUT2D eigenvalue weighted by molar-refractivity contribution is 5.99. The predicted octanol–water partition coefficient (Wildman–Crippen LogP) is 2.33. The molecule has 1 fully saturated rings. The molecule has 0 heterocycles. The summed E-state index contributed by atoms with van der Waals surface area (Å²) in [5.41, 5.74) is 5.93. The van der Waals surface area contributed by atoms with Crippen molar-refractivity contribution in [2.75, 3.05) is 5.73 Å². The molecular weight excluding hydrogens is 219 g/mol. The standard InChI is InChI=1S/C13H17FN2O/c1-13(2,8-3-4-8)16-12(17)10-7-9(14)5-6-11(10)15/h5-8H,3-4,15H2,1-2H3,(H,16,17). The molecule has 0 saturated heterocycles. The van der Waals surface area contributed by atoms with Crippen molar-refractivity contribution in [3.63, 3.8) is 0 Å². The molecule has 1 saturated carbocycles. The van der Waals surface area contributed by atoms with E-state index in [2.05, 4.69) is 5.32 Å². The van der Waals surface area contributed by atoms with E-state index in [4.69, 9.17) is 5.73 Å². The number of carbonyl (C=O) groups excluding carboxylic acids is 1. The molecule has 0 bridgehead atoms. The summed E-state index contributed by atoms with van der Waals surface area (Å²) in [5, 5.41) is 2.92. The van der Waals surface area contributed by atoms with Gasteiger partial charge in [-0.1, -0.05) is 0 Å². The van der Waals surface area contributed by atoms with Crippen LogP contribution in [0.5, 0.6) is 0 Å². The summed E-state index contributed by atoms with van der Waals surface area (Å²) in [6, 6.07) is 3.83. The van der Waals surface area contributed by atoms with Gasteiger partial charge in [0.1, 0.15) is 5.82 Å². The van der Waals surface area contributed by atoms with Crippen LogP contribution in [0.15, 0.2) is 18.2 Å². The first-order valence-electron chi connectivity index (χ1n) is 5.77. The van der Waals surface area contributed by atoms with Crippen molar-refractivity contribution >= 4 is 11.6 Å². The van der Waals surface area contributed by atoms with Crippen LogP contribution in [0.2, 0.25) is 0 Å². The molecule has 2 rings (SSSR count). The number of nitrogens with one attached hydrogen (secondary N) is 1. The first-order chi connectivity index (χ1) is 7.90. The minimum Gasteiger partial charge on any atom is -0.398 e. The lowest BCUT2D eigenvalue weighted by molar-refractivity contribution is 0.0904. The van der Waals surface area contributed by atoms with Crippen LogP contribution in [0.4, 0.5) is 10.1 Å². The molecule has 0 aromatic heterocycles. The summed E-state index contributed by atoms with van der Waals surface area (Å²) >= 11 is 0. The summed E-state index contributed by atoms with van der Waals surface area (Å²) in [6.07, 6.45) is 2.26. The van der Waals surface area contributed by atoms with Crippen molar-refractivity contribution in [1.29, 1.82) is 0 Å². The van der Waals surface area contributed by atoms with Gasteiger partial charge in [-0.3, -0.25) is 4.79 Å². The molecule has 3 nitrogen and oxygen atoms in total. The molecule has 0 unspecified atom stereocenters. The van der Waals surface area contributed by atoms with Crippen LogP contribution in [-0.4, -0.2) is 11.4 Å². The zero-order valence-electron chi connectivity index (χ0n) is 10.1. The summed E-state index contributed by atoms with van der Waals surface area (Å²) < 4.78 is 13.1. The number of amides is 1. The van der Waals surface area contributed by atoms with Crippen LogP contribution in [0.1, 0.15) is 37.0 Å². The van der Waals surface area contributed by atoms with Crippen molar-refractivity contribution in [1.82, 2.24) is 5.32 Å². The van der Waals surface area contributed by atoms with E-state index in [0.29, 0.717) is 11.6 Å². The molecule has 0 spiro atoms. The Labute approximate surface area is 100 Å². The van der Waals surface area contributed by atoms with E-state index in [1.165, 1.54) is 18.2 Å². The van der Waals surface area contributed by atoms with Crippen molar-refractivity contribution in [2.24, 2.45) is 5.92 Å². The lowest BCUT2D eigenvalue weighted by atomic mass is 9.98. The monoisotopic (exact) mass is 236 g/mol. The molecule has 1 aliphatic rings. The number of nitrogens with two attached hydrogens (primary N) is 1. The van der Waals surface area contributed by atoms with Crippen LogP contribution in [0.25, 0.3) is 0 Å². The third-order valence-corrected chi connectivity index (χ3v) is 3.29. The number of hydrogen-bond acceptors (Lipinski definition) is 2. The van der Waals surface area contributed by atoms with Gasteiger partial charge in [0.15, 0.2) is 0 Å². The van der Waals surface area contributed by atoms with E-state index in [1.54, 1.807) is 0 Å². The van der Waals surface area contributed by atoms with Gasteiger partial charge in [-0.15, -0.1) is 0 Å². The lowest BCUT2D eigenvalue weighted by Crippen LogP contribution is -2.45. The van der Waals surface area contributed by atoms with Crippen molar-refractivity contribution < 1.29 is 9.18 Å². The van der Waals surface area contributed by atoms with Crippen molar-refractivity contribution in [3.8, 4) is 0 Å². The second kappa shape index (κ2) is 4.02. The van der Waals surface area contributed by atoms with E-state index in [-0.39, 0.29) is 17.0 Å². The SMILES string of the molecule is CC(C)(NC(=O)c1cc(F)ccc1N)C1CC1. The zero-order chi connectivity index (χ0) is 12.6. The second-order valence-electron chi connectivity index (χ2n) is 5.18. The van der Waals surface area contributed by atoms with Gasteiger partial charge in [0.25, 0.3) is 5.91 Å². The third kappa shape index (κ3) is 2.57. The maximum absolute atomic E-state index is 13.1. The molecular formula is C13H17FN2O. The number of nitrogen functional groups attached to an aromatic ring is 1. The number of anilines is 1.